The lowest BCUT2D eigenvalue weighted by Gasteiger charge is -2.43. The van der Waals surface area contributed by atoms with Crippen molar-refractivity contribution in [3.63, 3.8) is 0 Å². The van der Waals surface area contributed by atoms with Gasteiger partial charge in [0.1, 0.15) is 23.0 Å². The summed E-state index contributed by atoms with van der Waals surface area (Å²) in [6, 6.07) is 23.3. The molecule has 1 aliphatic heterocycles. The van der Waals surface area contributed by atoms with E-state index in [0.29, 0.717) is 28.7 Å². The molecule has 0 spiro atoms. The van der Waals surface area contributed by atoms with E-state index in [4.69, 9.17) is 5.26 Å². The van der Waals surface area contributed by atoms with Crippen LogP contribution >= 0.6 is 11.8 Å². The second kappa shape index (κ2) is 14.9. The lowest BCUT2D eigenvalue weighted by Crippen LogP contribution is -2.36. The third-order valence-electron chi connectivity index (χ3n) is 8.24. The number of nitriles is 1. The quantitative estimate of drug-likeness (QED) is 0.149. The van der Waals surface area contributed by atoms with Crippen LogP contribution in [0.2, 0.25) is 0 Å². The zero-order valence-corrected chi connectivity index (χ0v) is 25.1. The fraction of sp³-hybridized carbons (Fsp3) is 0.441. The van der Waals surface area contributed by atoms with Crippen molar-refractivity contribution in [3.05, 3.63) is 89.0 Å². The number of benzene rings is 3. The van der Waals surface area contributed by atoms with Crippen LogP contribution in [-0.2, 0) is 23.0 Å². The van der Waals surface area contributed by atoms with Crippen LogP contribution in [0.3, 0.4) is 0 Å². The van der Waals surface area contributed by atoms with Gasteiger partial charge in [0.2, 0.25) is 0 Å². The predicted molar refractivity (Wildman–Crippen MR) is 167 cm³/mol. The summed E-state index contributed by atoms with van der Waals surface area (Å²) in [6.45, 7) is 2.35. The number of thioether (sulfide) groups is 1. The molecule has 0 aliphatic carbocycles. The van der Waals surface area contributed by atoms with Crippen molar-refractivity contribution in [1.29, 1.82) is 5.26 Å². The van der Waals surface area contributed by atoms with E-state index in [0.717, 1.165) is 42.8 Å². The molecule has 0 radical (unpaired) electrons. The molecule has 6 heteroatoms. The van der Waals surface area contributed by atoms with Crippen LogP contribution in [0.1, 0.15) is 86.5 Å². The number of rotatable bonds is 14. The Kier molecular flexibility index (Phi) is 11.3. The molecule has 3 unspecified atom stereocenters. The Hall–Kier alpha value is -2.59. The lowest BCUT2D eigenvalue weighted by molar-refractivity contribution is 0.370. The van der Waals surface area contributed by atoms with Gasteiger partial charge in [0.25, 0.3) is 0 Å². The zero-order valence-electron chi connectivity index (χ0n) is 23.5. The molecule has 3 aromatic rings. The highest BCUT2D eigenvalue weighted by Gasteiger charge is 2.41. The Labute approximate surface area is 247 Å². The van der Waals surface area contributed by atoms with Gasteiger partial charge in [0.05, 0.1) is 11.6 Å². The molecule has 2 N–H and O–H groups in total. The van der Waals surface area contributed by atoms with E-state index in [-0.39, 0.29) is 5.41 Å². The fourth-order valence-electron chi connectivity index (χ4n) is 5.83. The maximum absolute atomic E-state index is 12.4. The van der Waals surface area contributed by atoms with Gasteiger partial charge in [0, 0.05) is 22.5 Å². The highest BCUT2D eigenvalue weighted by molar-refractivity contribution is 7.99. The van der Waals surface area contributed by atoms with Crippen LogP contribution in [0.5, 0.6) is 11.5 Å². The third-order valence-corrected chi connectivity index (χ3v) is 11.0. The summed E-state index contributed by atoms with van der Waals surface area (Å²) >= 11 is 1.02. The lowest BCUT2D eigenvalue weighted by atomic mass is 9.68. The molecule has 3 aromatic carbocycles. The summed E-state index contributed by atoms with van der Waals surface area (Å²) in [5.41, 5.74) is 4.31. The summed E-state index contributed by atoms with van der Waals surface area (Å²) < 4.78 is 12.4. The molecule has 4 rings (SSSR count). The highest BCUT2D eigenvalue weighted by Crippen LogP contribution is 2.52. The standard InChI is InChI=1S/C34H41NO3S2/c1-34(28-13-15-29(36)16-14-28)25-39-33-23-30(37)17-18-31(33)32(34)12-7-5-3-2-4-6-8-20-40(38)21-19-26-10-9-11-27(22-26)24-35/h9-11,13-18,22-23,32,36-37H,2-8,12,19-21,25H2,1H3. The van der Waals surface area contributed by atoms with Gasteiger partial charge in [0.15, 0.2) is 0 Å². The Bertz CT molecular complexity index is 1270. The van der Waals surface area contributed by atoms with E-state index in [2.05, 4.69) is 31.2 Å². The number of fused-ring (bicyclic) bond motifs is 1. The molecule has 0 saturated heterocycles. The van der Waals surface area contributed by atoms with Crippen LogP contribution in [0.4, 0.5) is 0 Å². The Morgan fingerprint density at radius 1 is 0.900 bits per heavy atom. The molecular formula is C34H41NO3S2. The van der Waals surface area contributed by atoms with E-state index in [9.17, 15) is 14.8 Å². The number of aromatic hydroxyl groups is 2. The molecule has 1 heterocycles. The molecule has 40 heavy (non-hydrogen) atoms. The van der Waals surface area contributed by atoms with Crippen LogP contribution in [0.15, 0.2) is 71.6 Å². The smallest absolute Gasteiger partial charge is 0.116 e. The van der Waals surface area contributed by atoms with E-state index < -0.39 is 11.2 Å². The fourth-order valence-corrected chi connectivity index (χ4v) is 8.43. The first kappa shape index (κ1) is 30.4. The minimum atomic E-state index is -0.801. The summed E-state index contributed by atoms with van der Waals surface area (Å²) in [4.78, 5) is 1.19. The van der Waals surface area contributed by atoms with Crippen molar-refractivity contribution in [1.82, 2.24) is 0 Å². The number of unbranched alkanes of at least 4 members (excludes halogenated alkanes) is 6. The van der Waals surface area contributed by atoms with Crippen LogP contribution in [0, 0.1) is 11.3 Å². The minimum absolute atomic E-state index is 0.0312. The summed E-state index contributed by atoms with van der Waals surface area (Å²) in [7, 11) is 0. The van der Waals surface area contributed by atoms with Crippen molar-refractivity contribution in [3.8, 4) is 17.6 Å². The number of phenols is 2. The van der Waals surface area contributed by atoms with Crippen LogP contribution in [0.25, 0.3) is 0 Å². The Morgan fingerprint density at radius 3 is 2.35 bits per heavy atom. The maximum atomic E-state index is 12.4. The van der Waals surface area contributed by atoms with Crippen molar-refractivity contribution in [2.45, 2.75) is 80.9 Å². The largest absolute Gasteiger partial charge is 0.616 e. The first-order valence-corrected chi connectivity index (χ1v) is 17.0. The van der Waals surface area contributed by atoms with Gasteiger partial charge in [-0.05, 0) is 78.3 Å². The van der Waals surface area contributed by atoms with E-state index >= 15 is 0 Å². The number of nitrogens with zero attached hydrogens (tertiary/aromatic N) is 1. The molecule has 0 amide bonds. The first-order chi connectivity index (χ1) is 19.4. The highest BCUT2D eigenvalue weighted by atomic mass is 32.2. The SMILES string of the molecule is CC1(c2ccc(O)cc2)CSc2cc(O)ccc2C1CCCCCCCCC[S+]([O-])CCc1cccc(C#N)c1. The first-order valence-electron chi connectivity index (χ1n) is 14.5. The minimum Gasteiger partial charge on any atom is -0.616 e. The molecule has 4 nitrogen and oxygen atoms in total. The summed E-state index contributed by atoms with van der Waals surface area (Å²) in [6.07, 6.45) is 10.0. The van der Waals surface area contributed by atoms with Crippen molar-refractivity contribution in [2.75, 3.05) is 17.3 Å². The maximum Gasteiger partial charge on any atom is 0.116 e. The van der Waals surface area contributed by atoms with Gasteiger partial charge in [-0.1, -0.05) is 80.5 Å². The third kappa shape index (κ3) is 8.22. The van der Waals surface area contributed by atoms with Crippen molar-refractivity contribution >= 4 is 22.9 Å². The Balaban J connectivity index is 1.17. The van der Waals surface area contributed by atoms with Crippen molar-refractivity contribution < 1.29 is 14.8 Å². The second-order valence-electron chi connectivity index (χ2n) is 11.2. The van der Waals surface area contributed by atoms with Crippen LogP contribution in [-0.4, -0.2) is 32.0 Å². The Morgan fingerprint density at radius 2 is 1.60 bits per heavy atom. The molecule has 212 valence electrons. The summed E-state index contributed by atoms with van der Waals surface area (Å²) in [5.74, 6) is 3.37. The molecule has 0 saturated carbocycles. The molecular weight excluding hydrogens is 535 g/mol. The van der Waals surface area contributed by atoms with E-state index in [1.165, 1.54) is 48.1 Å². The summed E-state index contributed by atoms with van der Waals surface area (Å²) in [5, 5.41) is 28.9. The number of hydrogen-bond donors (Lipinski definition) is 2. The van der Waals surface area contributed by atoms with Gasteiger partial charge >= 0.3 is 0 Å². The van der Waals surface area contributed by atoms with Crippen LogP contribution < -0.4 is 0 Å². The number of hydrogen-bond acceptors (Lipinski definition) is 5. The topological polar surface area (TPSA) is 87.3 Å². The number of phenolic OH excluding ortho intramolecular Hbond substituents is 2. The molecule has 1 aliphatic rings. The monoisotopic (exact) mass is 575 g/mol. The van der Waals surface area contributed by atoms with Gasteiger partial charge in [-0.3, -0.25) is 0 Å². The van der Waals surface area contributed by atoms with E-state index in [1.807, 2.05) is 42.1 Å². The molecule has 0 aromatic heterocycles. The second-order valence-corrected chi connectivity index (χ2v) is 13.9. The normalized spacial score (nSPS) is 19.1. The van der Waals surface area contributed by atoms with E-state index in [1.54, 1.807) is 18.2 Å². The average Bonchev–Trinajstić information content (AvgIpc) is 2.96. The molecule has 3 atom stereocenters. The average molecular weight is 576 g/mol. The van der Waals surface area contributed by atoms with Gasteiger partial charge in [-0.25, -0.2) is 0 Å². The van der Waals surface area contributed by atoms with Gasteiger partial charge in [-0.2, -0.15) is 5.26 Å². The predicted octanol–water partition coefficient (Wildman–Crippen LogP) is 8.23. The zero-order chi connectivity index (χ0) is 28.4. The van der Waals surface area contributed by atoms with Crippen molar-refractivity contribution in [2.24, 2.45) is 0 Å². The molecule has 0 fully saturated rings. The molecule has 0 bridgehead atoms. The van der Waals surface area contributed by atoms with Gasteiger partial charge in [-0.15, -0.1) is 11.8 Å². The van der Waals surface area contributed by atoms with Gasteiger partial charge < -0.3 is 14.8 Å². The number of aryl methyl sites for hydroxylation is 1.